The molecule has 0 unspecified atom stereocenters. The van der Waals surface area contributed by atoms with Gasteiger partial charge in [-0.1, -0.05) is 33.0 Å². The molecule has 0 aliphatic carbocycles. The molecule has 0 fully saturated rings. The Hall–Kier alpha value is 0.708. The Morgan fingerprint density at radius 3 is 1.41 bits per heavy atom. The average Bonchev–Trinajstić information content (AvgIpc) is 2.11. The fourth-order valence-electron chi connectivity index (χ4n) is 4.95. The maximum Gasteiger partial charge on any atom is 0.329 e. The van der Waals surface area contributed by atoms with Crippen molar-refractivity contribution in [2.24, 2.45) is 5.41 Å². The van der Waals surface area contributed by atoms with Gasteiger partial charge in [0.15, 0.2) is 16.6 Å². The van der Waals surface area contributed by atoms with Gasteiger partial charge in [-0.3, -0.25) is 0 Å². The monoisotopic (exact) mass is 482 g/mol. The van der Waals surface area contributed by atoms with E-state index < -0.39 is 39.6 Å². The van der Waals surface area contributed by atoms with Crippen LogP contribution < -0.4 is 0 Å². The molecule has 0 heterocycles. The molecule has 0 saturated heterocycles. The number of rotatable bonds is 10. The van der Waals surface area contributed by atoms with Crippen LogP contribution in [0.25, 0.3) is 0 Å². The SMILES string of the molecule is CC(C)(C[Si](C)(C)O)O[Si](C)(C)O.C[SiH](C)CC(C)(C)CC(C)(C)O[Si](C)(C)C. The maximum absolute atomic E-state index is 9.74. The summed E-state index contributed by atoms with van der Waals surface area (Å²) in [5.41, 5.74) is 0.0652. The minimum Gasteiger partial charge on any atom is -0.432 e. The van der Waals surface area contributed by atoms with E-state index in [0.717, 1.165) is 0 Å². The topological polar surface area (TPSA) is 58.9 Å². The van der Waals surface area contributed by atoms with Crippen LogP contribution in [0.15, 0.2) is 0 Å². The van der Waals surface area contributed by atoms with Gasteiger partial charge in [0.1, 0.15) is 0 Å². The predicted octanol–water partition coefficient (Wildman–Crippen LogP) is 6.19. The van der Waals surface area contributed by atoms with Crippen LogP contribution in [0.2, 0.25) is 71.0 Å². The van der Waals surface area contributed by atoms with Crippen molar-refractivity contribution in [2.75, 3.05) is 0 Å². The summed E-state index contributed by atoms with van der Waals surface area (Å²) in [4.78, 5) is 19.3. The molecule has 0 saturated carbocycles. The molecule has 0 atom stereocenters. The molecule has 0 aromatic rings. The zero-order valence-electron chi connectivity index (χ0n) is 22.4. The minimum absolute atomic E-state index is 0.0390. The molecule has 2 N–H and O–H groups in total. The second-order valence-electron chi connectivity index (χ2n) is 13.2. The van der Waals surface area contributed by atoms with E-state index in [1.165, 1.54) is 12.5 Å². The van der Waals surface area contributed by atoms with E-state index in [1.54, 1.807) is 13.1 Å². The lowest BCUT2D eigenvalue weighted by atomic mass is 9.83. The Morgan fingerprint density at radius 1 is 0.724 bits per heavy atom. The molecular formula is C21H54O4Si4. The van der Waals surface area contributed by atoms with Crippen molar-refractivity contribution in [3.8, 4) is 0 Å². The molecule has 0 amide bonds. The molecular weight excluding hydrogens is 429 g/mol. The van der Waals surface area contributed by atoms with Gasteiger partial charge in [0.2, 0.25) is 0 Å². The molecule has 0 aromatic carbocycles. The molecule has 8 heteroatoms. The van der Waals surface area contributed by atoms with Crippen LogP contribution in [0.1, 0.15) is 48.0 Å². The van der Waals surface area contributed by atoms with Gasteiger partial charge in [-0.2, -0.15) is 0 Å². The Balaban J connectivity index is 0. The van der Waals surface area contributed by atoms with Crippen molar-refractivity contribution in [3.63, 3.8) is 0 Å². The van der Waals surface area contributed by atoms with Crippen molar-refractivity contribution >= 4 is 34.0 Å². The Bertz CT molecular complexity index is 453. The Kier molecular flexibility index (Phi) is 12.1. The summed E-state index contributed by atoms with van der Waals surface area (Å²) < 4.78 is 11.9. The molecule has 0 radical (unpaired) electrons. The first kappa shape index (κ1) is 31.9. The van der Waals surface area contributed by atoms with E-state index in [2.05, 4.69) is 60.4 Å². The van der Waals surface area contributed by atoms with Crippen LogP contribution in [-0.2, 0) is 8.85 Å². The smallest absolute Gasteiger partial charge is 0.329 e. The summed E-state index contributed by atoms with van der Waals surface area (Å²) in [6.07, 6.45) is 1.18. The third kappa shape index (κ3) is 23.2. The lowest BCUT2D eigenvalue weighted by molar-refractivity contribution is 0.0548. The van der Waals surface area contributed by atoms with Crippen LogP contribution in [0.4, 0.5) is 0 Å². The summed E-state index contributed by atoms with van der Waals surface area (Å²) in [7, 11) is -6.49. The first-order chi connectivity index (χ1) is 12.2. The van der Waals surface area contributed by atoms with Gasteiger partial charge < -0.3 is 18.4 Å². The van der Waals surface area contributed by atoms with Crippen molar-refractivity contribution in [2.45, 2.75) is 130 Å². The third-order valence-corrected chi connectivity index (χ3v) is 9.69. The first-order valence-electron chi connectivity index (χ1n) is 11.1. The van der Waals surface area contributed by atoms with Crippen molar-refractivity contribution in [3.05, 3.63) is 0 Å². The lowest BCUT2D eigenvalue weighted by Crippen LogP contribution is -2.45. The molecule has 0 aliphatic heterocycles. The van der Waals surface area contributed by atoms with E-state index in [-0.39, 0.29) is 5.60 Å². The fourth-order valence-corrected chi connectivity index (χ4v) is 12.8. The highest BCUT2D eigenvalue weighted by atomic mass is 28.4. The molecule has 4 nitrogen and oxygen atoms in total. The van der Waals surface area contributed by atoms with E-state index >= 15 is 0 Å². The van der Waals surface area contributed by atoms with Crippen molar-refractivity contribution in [1.82, 2.24) is 0 Å². The molecule has 0 rings (SSSR count). The quantitative estimate of drug-likeness (QED) is 0.364. The molecule has 0 bridgehead atoms. The Labute approximate surface area is 187 Å². The highest BCUT2D eigenvalue weighted by Crippen LogP contribution is 2.36. The normalized spacial score (nSPS) is 14.7. The molecule has 0 aliphatic rings. The molecule has 0 aromatic heterocycles. The summed E-state index contributed by atoms with van der Waals surface area (Å²) in [5.74, 6) is 0. The summed E-state index contributed by atoms with van der Waals surface area (Å²) in [5, 5.41) is 0. The second kappa shape index (κ2) is 11.0. The zero-order valence-corrected chi connectivity index (χ0v) is 26.6. The number of hydrogen-bond acceptors (Lipinski definition) is 4. The van der Waals surface area contributed by atoms with Gasteiger partial charge in [0.05, 0.1) is 11.2 Å². The summed E-state index contributed by atoms with van der Waals surface area (Å²) in [6.45, 7) is 32.1. The fraction of sp³-hybridized carbons (Fsp3) is 1.00. The van der Waals surface area contributed by atoms with Crippen molar-refractivity contribution in [1.29, 1.82) is 0 Å². The van der Waals surface area contributed by atoms with Crippen LogP contribution in [0, 0.1) is 5.41 Å². The molecule has 29 heavy (non-hydrogen) atoms. The zero-order chi connectivity index (χ0) is 24.1. The predicted molar refractivity (Wildman–Crippen MR) is 140 cm³/mol. The minimum atomic E-state index is -2.48. The van der Waals surface area contributed by atoms with Crippen LogP contribution in [0.5, 0.6) is 0 Å². The van der Waals surface area contributed by atoms with Gasteiger partial charge in [0, 0.05) is 8.80 Å². The van der Waals surface area contributed by atoms with E-state index in [4.69, 9.17) is 8.85 Å². The van der Waals surface area contributed by atoms with Crippen LogP contribution in [0.3, 0.4) is 0 Å². The first-order valence-corrected chi connectivity index (χ1v) is 23.6. The average molecular weight is 483 g/mol. The van der Waals surface area contributed by atoms with Crippen molar-refractivity contribution < 1.29 is 18.4 Å². The number of hydrogen-bond donors (Lipinski definition) is 2. The van der Waals surface area contributed by atoms with E-state index in [0.29, 0.717) is 11.5 Å². The molecule has 0 spiro atoms. The van der Waals surface area contributed by atoms with Crippen LogP contribution >= 0.6 is 0 Å². The van der Waals surface area contributed by atoms with Gasteiger partial charge >= 0.3 is 8.56 Å². The van der Waals surface area contributed by atoms with Gasteiger partial charge in [-0.05, 0) is 91.4 Å². The van der Waals surface area contributed by atoms with E-state index in [1.807, 2.05) is 26.9 Å². The summed E-state index contributed by atoms with van der Waals surface area (Å²) in [6, 6.07) is 2.06. The highest BCUT2D eigenvalue weighted by molar-refractivity contribution is 6.70. The summed E-state index contributed by atoms with van der Waals surface area (Å²) >= 11 is 0. The van der Waals surface area contributed by atoms with Gasteiger partial charge in [-0.25, -0.2) is 0 Å². The van der Waals surface area contributed by atoms with Crippen LogP contribution in [-0.4, -0.2) is 54.8 Å². The second-order valence-corrected chi connectivity index (χ2v) is 27.9. The third-order valence-electron chi connectivity index (χ3n) is 3.83. The maximum atomic E-state index is 9.74. The Morgan fingerprint density at radius 2 is 1.14 bits per heavy atom. The van der Waals surface area contributed by atoms with Gasteiger partial charge in [-0.15, -0.1) is 0 Å². The van der Waals surface area contributed by atoms with E-state index in [9.17, 15) is 9.59 Å². The molecule has 178 valence electrons. The standard InChI is InChI=1S/C13H32OSi2.C8H22O3Si2/c1-12(2,11-15(5)6)10-13(3,4)14-16(7,8)9;1-8(2,7-12(3,4)9)11-13(5,6)10/h15H,10-11H2,1-9H3;9-10H,7H2,1-6H3. The van der Waals surface area contributed by atoms with Gasteiger partial charge in [0.25, 0.3) is 0 Å². The highest BCUT2D eigenvalue weighted by Gasteiger charge is 2.35. The largest absolute Gasteiger partial charge is 0.432 e. The lowest BCUT2D eigenvalue weighted by Gasteiger charge is -2.39.